The summed E-state index contributed by atoms with van der Waals surface area (Å²) in [7, 11) is 0. The van der Waals surface area contributed by atoms with Crippen molar-refractivity contribution in [1.82, 2.24) is 4.90 Å². The fourth-order valence-electron chi connectivity index (χ4n) is 3.29. The maximum Gasteiger partial charge on any atom is 0.419 e. The van der Waals surface area contributed by atoms with Gasteiger partial charge in [0.05, 0.1) is 11.0 Å². The van der Waals surface area contributed by atoms with E-state index in [4.69, 9.17) is 4.74 Å². The fraction of sp³-hybridized carbons (Fsp3) is 0.625. The smallest absolute Gasteiger partial charge is 0.419 e. The van der Waals surface area contributed by atoms with E-state index in [1.165, 1.54) is 0 Å². The Morgan fingerprint density at radius 3 is 2.42 bits per heavy atom. The van der Waals surface area contributed by atoms with Gasteiger partial charge in [-0.2, -0.15) is 13.2 Å². The van der Waals surface area contributed by atoms with Crippen LogP contribution in [-0.4, -0.2) is 47.2 Å². The van der Waals surface area contributed by atoms with E-state index in [2.05, 4.69) is 4.90 Å². The van der Waals surface area contributed by atoms with Crippen molar-refractivity contribution < 1.29 is 26.9 Å². The van der Waals surface area contributed by atoms with Crippen molar-refractivity contribution in [1.29, 1.82) is 0 Å². The molecule has 0 amide bonds. The van der Waals surface area contributed by atoms with Crippen molar-refractivity contribution in [2.24, 2.45) is 5.41 Å². The molecule has 2 saturated heterocycles. The van der Waals surface area contributed by atoms with E-state index in [1.807, 2.05) is 0 Å². The van der Waals surface area contributed by atoms with E-state index in [1.54, 1.807) is 0 Å². The molecule has 0 saturated carbocycles. The molecular formula is C16H19F4NO2S. The van der Waals surface area contributed by atoms with Gasteiger partial charge in [0, 0.05) is 12.6 Å². The Labute approximate surface area is 141 Å². The molecule has 1 aromatic carbocycles. The highest BCUT2D eigenvalue weighted by Crippen LogP contribution is 2.42. The number of piperidine rings is 1. The Morgan fingerprint density at radius 2 is 1.88 bits per heavy atom. The average molecular weight is 365 g/mol. The number of benzene rings is 1. The van der Waals surface area contributed by atoms with Gasteiger partial charge in [-0.3, -0.25) is 4.90 Å². The summed E-state index contributed by atoms with van der Waals surface area (Å²) >= 11 is -0.640. The Bertz CT molecular complexity index is 580. The van der Waals surface area contributed by atoms with E-state index in [0.717, 1.165) is 49.6 Å². The van der Waals surface area contributed by atoms with Crippen LogP contribution in [0.4, 0.5) is 17.6 Å². The number of alkyl halides is 3. The SMILES string of the molecule is [O-][S+]1CC2(CCN(CCOc3ccc(C(F)(F)F)c(F)c3)CC2)C1. The van der Waals surface area contributed by atoms with Crippen molar-refractivity contribution >= 4 is 11.2 Å². The molecule has 2 aliphatic heterocycles. The Kier molecular flexibility index (Phi) is 4.99. The summed E-state index contributed by atoms with van der Waals surface area (Å²) in [5, 5.41) is 0. The number of hydrogen-bond acceptors (Lipinski definition) is 3. The van der Waals surface area contributed by atoms with Crippen molar-refractivity contribution in [3.63, 3.8) is 0 Å². The lowest BCUT2D eigenvalue weighted by atomic mass is 9.81. The zero-order valence-electron chi connectivity index (χ0n) is 13.1. The number of likely N-dealkylation sites (tertiary alicyclic amines) is 1. The highest BCUT2D eigenvalue weighted by atomic mass is 32.2. The number of ether oxygens (including phenoxy) is 1. The predicted molar refractivity (Wildman–Crippen MR) is 82.9 cm³/mol. The maximum absolute atomic E-state index is 13.5. The standard InChI is InChI=1S/C16H19F4NO2S/c17-14-9-12(1-2-13(14)16(18,19)20)23-8-7-21-5-3-15(4-6-21)10-24(22)11-15/h1-2,9H,3-8,10-11H2. The Balaban J connectivity index is 1.43. The predicted octanol–water partition coefficient (Wildman–Crippen LogP) is 3.07. The van der Waals surface area contributed by atoms with Gasteiger partial charge in [0.2, 0.25) is 0 Å². The third-order valence-corrected chi connectivity index (χ3v) is 6.64. The van der Waals surface area contributed by atoms with Crippen LogP contribution < -0.4 is 4.74 Å². The van der Waals surface area contributed by atoms with E-state index in [9.17, 15) is 22.1 Å². The fourth-order valence-corrected chi connectivity index (χ4v) is 5.15. The first kappa shape index (κ1) is 17.8. The molecule has 3 nitrogen and oxygen atoms in total. The number of hydrogen-bond donors (Lipinski definition) is 0. The summed E-state index contributed by atoms with van der Waals surface area (Å²) in [5.41, 5.74) is -1.02. The molecule has 2 heterocycles. The van der Waals surface area contributed by atoms with E-state index >= 15 is 0 Å². The molecule has 0 aliphatic carbocycles. The first-order valence-electron chi connectivity index (χ1n) is 7.84. The first-order valence-corrected chi connectivity index (χ1v) is 9.33. The molecule has 0 aromatic heterocycles. The van der Waals surface area contributed by atoms with Gasteiger partial charge in [0.1, 0.15) is 29.7 Å². The normalized spacial score (nSPS) is 21.7. The second-order valence-corrected chi connectivity index (χ2v) is 8.02. The summed E-state index contributed by atoms with van der Waals surface area (Å²) in [4.78, 5) is 2.22. The van der Waals surface area contributed by atoms with Crippen molar-refractivity contribution in [2.45, 2.75) is 19.0 Å². The van der Waals surface area contributed by atoms with Crippen molar-refractivity contribution in [3.8, 4) is 5.75 Å². The average Bonchev–Trinajstić information content (AvgIpc) is 2.46. The molecule has 0 N–H and O–H groups in total. The second kappa shape index (κ2) is 6.72. The van der Waals surface area contributed by atoms with Crippen LogP contribution in [-0.2, 0) is 17.4 Å². The molecule has 8 heteroatoms. The summed E-state index contributed by atoms with van der Waals surface area (Å²) < 4.78 is 67.6. The number of halogens is 4. The van der Waals surface area contributed by atoms with Crippen molar-refractivity contribution in [3.05, 3.63) is 29.6 Å². The van der Waals surface area contributed by atoms with Crippen LogP contribution in [0, 0.1) is 11.2 Å². The molecule has 0 atom stereocenters. The Hall–Kier alpha value is -0.990. The van der Waals surface area contributed by atoms with Gasteiger partial charge in [-0.1, -0.05) is 11.2 Å². The van der Waals surface area contributed by atoms with Crippen LogP contribution in [0.3, 0.4) is 0 Å². The van der Waals surface area contributed by atoms with E-state index in [0.29, 0.717) is 19.2 Å². The molecule has 1 spiro atoms. The van der Waals surface area contributed by atoms with Crippen LogP contribution >= 0.6 is 0 Å². The molecule has 0 radical (unpaired) electrons. The van der Waals surface area contributed by atoms with Crippen LogP contribution in [0.5, 0.6) is 5.75 Å². The van der Waals surface area contributed by atoms with Gasteiger partial charge < -0.3 is 9.29 Å². The van der Waals surface area contributed by atoms with Crippen LogP contribution in [0.1, 0.15) is 18.4 Å². The van der Waals surface area contributed by atoms with Crippen LogP contribution in [0.2, 0.25) is 0 Å². The van der Waals surface area contributed by atoms with Crippen LogP contribution in [0.25, 0.3) is 0 Å². The summed E-state index contributed by atoms with van der Waals surface area (Å²) in [6, 6.07) is 2.62. The summed E-state index contributed by atoms with van der Waals surface area (Å²) in [6.45, 7) is 2.75. The highest BCUT2D eigenvalue weighted by molar-refractivity contribution is 7.92. The molecule has 0 unspecified atom stereocenters. The van der Waals surface area contributed by atoms with Crippen LogP contribution in [0.15, 0.2) is 18.2 Å². The molecule has 2 aliphatic rings. The van der Waals surface area contributed by atoms with Gasteiger partial charge in [0.15, 0.2) is 0 Å². The zero-order chi connectivity index (χ0) is 17.4. The second-order valence-electron chi connectivity index (χ2n) is 6.56. The third kappa shape index (κ3) is 3.97. The summed E-state index contributed by atoms with van der Waals surface area (Å²) in [6.07, 6.45) is -2.65. The molecule has 134 valence electrons. The number of nitrogens with zero attached hydrogens (tertiary/aromatic N) is 1. The van der Waals surface area contributed by atoms with Gasteiger partial charge >= 0.3 is 6.18 Å². The molecule has 2 fully saturated rings. The maximum atomic E-state index is 13.5. The first-order chi connectivity index (χ1) is 11.3. The minimum absolute atomic E-state index is 0.100. The van der Waals surface area contributed by atoms with E-state index < -0.39 is 28.7 Å². The lowest BCUT2D eigenvalue weighted by Gasteiger charge is -2.47. The lowest BCUT2D eigenvalue weighted by Crippen LogP contribution is -2.54. The largest absolute Gasteiger partial charge is 0.616 e. The molecular weight excluding hydrogens is 346 g/mol. The molecule has 0 bridgehead atoms. The summed E-state index contributed by atoms with van der Waals surface area (Å²) in [5.74, 6) is 0.394. The zero-order valence-corrected chi connectivity index (χ0v) is 13.9. The minimum atomic E-state index is -4.70. The quantitative estimate of drug-likeness (QED) is 0.608. The Morgan fingerprint density at radius 1 is 1.21 bits per heavy atom. The van der Waals surface area contributed by atoms with Gasteiger partial charge in [-0.25, -0.2) is 4.39 Å². The van der Waals surface area contributed by atoms with Gasteiger partial charge in [-0.05, 0) is 38.1 Å². The third-order valence-electron chi connectivity index (χ3n) is 4.77. The lowest BCUT2D eigenvalue weighted by molar-refractivity contribution is -0.140. The molecule has 24 heavy (non-hydrogen) atoms. The monoisotopic (exact) mass is 365 g/mol. The van der Waals surface area contributed by atoms with Gasteiger partial charge in [0.25, 0.3) is 0 Å². The highest BCUT2D eigenvalue weighted by Gasteiger charge is 2.49. The number of rotatable bonds is 4. The molecule has 3 rings (SSSR count). The molecule has 1 aromatic rings. The van der Waals surface area contributed by atoms with Crippen molar-refractivity contribution in [2.75, 3.05) is 37.7 Å². The topological polar surface area (TPSA) is 35.5 Å². The van der Waals surface area contributed by atoms with Gasteiger partial charge in [-0.15, -0.1) is 0 Å². The minimum Gasteiger partial charge on any atom is -0.616 e. The van der Waals surface area contributed by atoms with E-state index in [-0.39, 0.29) is 11.2 Å².